The molecule has 0 bridgehead atoms. The van der Waals surface area contributed by atoms with Gasteiger partial charge in [-0.3, -0.25) is 0 Å². The van der Waals surface area contributed by atoms with Crippen LogP contribution in [0.4, 0.5) is 0 Å². The number of rotatable bonds is 2. The fourth-order valence-electron chi connectivity index (χ4n) is 1.71. The minimum atomic E-state index is 0. The van der Waals surface area contributed by atoms with E-state index in [1.165, 1.54) is 5.57 Å². The summed E-state index contributed by atoms with van der Waals surface area (Å²) in [5.41, 5.74) is 2.42. The summed E-state index contributed by atoms with van der Waals surface area (Å²) in [4.78, 5) is 0. The van der Waals surface area contributed by atoms with Gasteiger partial charge < -0.3 is 29.6 Å². The van der Waals surface area contributed by atoms with Crippen LogP contribution in [0, 0.1) is 0 Å². The molecule has 1 aliphatic carbocycles. The van der Waals surface area contributed by atoms with Crippen molar-refractivity contribution in [1.82, 2.24) is 0 Å². The van der Waals surface area contributed by atoms with E-state index in [4.69, 9.17) is 27.9 Å². The fraction of sp³-hybridized carbons (Fsp3) is 0.231. The van der Waals surface area contributed by atoms with Gasteiger partial charge >= 0.3 is 21.7 Å². The summed E-state index contributed by atoms with van der Waals surface area (Å²) in [5, 5.41) is 1.08. The molecule has 1 aromatic carbocycles. The molecule has 1 aliphatic rings. The van der Waals surface area contributed by atoms with Crippen molar-refractivity contribution in [3.63, 3.8) is 0 Å². The summed E-state index contributed by atoms with van der Waals surface area (Å²) < 4.78 is 5.78. The average Bonchev–Trinajstić information content (AvgIpc) is 2.51. The second-order valence-electron chi connectivity index (χ2n) is 3.93. The minimum absolute atomic E-state index is 0. The molecule has 2 rings (SSSR count). The predicted octanol–water partition coefficient (Wildman–Crippen LogP) is -0.998. The van der Waals surface area contributed by atoms with E-state index in [-0.39, 0.29) is 46.5 Å². The Morgan fingerprint density at radius 3 is 2.00 bits per heavy atom. The Morgan fingerprint density at radius 1 is 1.05 bits per heavy atom. The molecule has 0 radical (unpaired) electrons. The molecule has 19 heavy (non-hydrogen) atoms. The van der Waals surface area contributed by atoms with E-state index in [2.05, 4.69) is 13.0 Å². The maximum atomic E-state index is 6.04. The summed E-state index contributed by atoms with van der Waals surface area (Å²) in [5.74, 6) is 1.47. The van der Waals surface area contributed by atoms with Crippen LogP contribution in [0.25, 0.3) is 0 Å². The zero-order valence-corrected chi connectivity index (χ0v) is 15.0. The Morgan fingerprint density at radius 2 is 1.58 bits per heavy atom. The molecule has 1 nitrogen and oxygen atoms in total. The summed E-state index contributed by atoms with van der Waals surface area (Å²) in [6.45, 7) is 4.10. The maximum Gasteiger partial charge on any atom is 2.00 e. The van der Waals surface area contributed by atoms with E-state index >= 15 is 0 Å². The molecule has 0 saturated heterocycles. The van der Waals surface area contributed by atoms with E-state index < -0.39 is 0 Å². The van der Waals surface area contributed by atoms with Gasteiger partial charge in [0.05, 0.1) is 10.0 Å². The van der Waals surface area contributed by atoms with Gasteiger partial charge in [-0.05, 0) is 31.6 Å². The van der Waals surface area contributed by atoms with Gasteiger partial charge in [0.2, 0.25) is 0 Å². The van der Waals surface area contributed by atoms with Gasteiger partial charge in [-0.15, -0.1) is 0 Å². The van der Waals surface area contributed by atoms with E-state index in [0.717, 1.165) is 17.8 Å². The number of benzene rings is 1. The van der Waals surface area contributed by atoms with Crippen LogP contribution < -0.4 is 29.6 Å². The van der Waals surface area contributed by atoms with Gasteiger partial charge in [0.1, 0.15) is 5.76 Å². The van der Waals surface area contributed by atoms with Gasteiger partial charge in [0, 0.05) is 6.42 Å². The van der Waals surface area contributed by atoms with Crippen molar-refractivity contribution in [2.45, 2.75) is 20.3 Å². The summed E-state index contributed by atoms with van der Waals surface area (Å²) in [6.07, 6.45) is 2.94. The zero-order chi connectivity index (χ0) is 11.7. The summed E-state index contributed by atoms with van der Waals surface area (Å²) >= 11 is 12.1. The monoisotopic (exact) mass is 372 g/mol. The first-order chi connectivity index (χ1) is 7.58. The quantitative estimate of drug-likeness (QED) is 0.604. The molecule has 0 aliphatic heterocycles. The zero-order valence-electron chi connectivity index (χ0n) is 10.4. The molecule has 1 aromatic rings. The first-order valence-corrected chi connectivity index (χ1v) is 5.82. The molecule has 0 fully saturated rings. The van der Waals surface area contributed by atoms with Gasteiger partial charge in [-0.2, -0.15) is 0 Å². The Kier molecular flexibility index (Phi) is 10.6. The van der Waals surface area contributed by atoms with Crippen molar-refractivity contribution in [3.8, 4) is 5.75 Å². The number of ether oxygens (including phenoxy) is 1. The molecule has 0 N–H and O–H groups in total. The fourth-order valence-corrected chi connectivity index (χ4v) is 2.19. The molecule has 6 heteroatoms. The largest absolute Gasteiger partial charge is 2.00 e. The molecule has 0 heterocycles. The third-order valence-corrected chi connectivity index (χ3v) is 3.08. The number of hydrogen-bond donors (Lipinski definition) is 0. The molecule has 0 unspecified atom stereocenters. The van der Waals surface area contributed by atoms with Crippen molar-refractivity contribution in [3.05, 3.63) is 51.2 Å². The Labute approximate surface area is 151 Å². The Balaban J connectivity index is 0. The number of halogens is 4. The summed E-state index contributed by atoms with van der Waals surface area (Å²) in [7, 11) is 0. The van der Waals surface area contributed by atoms with Crippen LogP contribution in [0.5, 0.6) is 5.75 Å². The van der Waals surface area contributed by atoms with Crippen LogP contribution >= 0.6 is 23.2 Å². The second-order valence-corrected chi connectivity index (χ2v) is 4.74. The van der Waals surface area contributed by atoms with E-state index in [0.29, 0.717) is 15.8 Å². The molecule has 0 spiro atoms. The molecule has 102 valence electrons. The third kappa shape index (κ3) is 5.34. The Bertz CT molecular complexity index is 477. The minimum Gasteiger partial charge on any atom is -1.00 e. The smallest absolute Gasteiger partial charge is 1.00 e. The van der Waals surface area contributed by atoms with Gasteiger partial charge in [-0.25, -0.2) is 0 Å². The van der Waals surface area contributed by atoms with Crippen LogP contribution in [0.2, 0.25) is 10.0 Å². The summed E-state index contributed by atoms with van der Waals surface area (Å²) in [6, 6.07) is 5.35. The van der Waals surface area contributed by atoms with Gasteiger partial charge in [0.25, 0.3) is 0 Å². The maximum absolute atomic E-state index is 6.04. The third-order valence-electron chi connectivity index (χ3n) is 2.49. The van der Waals surface area contributed by atoms with E-state index in [1.54, 1.807) is 18.2 Å². The number of para-hydroxylation sites is 1. The standard InChI is InChI=1S/C13H12Cl2O.2ClH.Ti/c1-8-6-9(2)12(7-8)16-13-10(14)4-3-5-11(13)15;;;/h3-6H,7H2,1-2H3;2*1H;/q;;;+2/p-2. The first kappa shape index (κ1) is 21.7. The van der Waals surface area contributed by atoms with Crippen molar-refractivity contribution >= 4 is 23.2 Å². The molecular weight excluding hydrogens is 362 g/mol. The van der Waals surface area contributed by atoms with Crippen LogP contribution in [0.1, 0.15) is 20.3 Å². The first-order valence-electron chi connectivity index (χ1n) is 5.06. The molecular formula is C13H12Cl4OTi. The van der Waals surface area contributed by atoms with Crippen molar-refractivity contribution in [1.29, 1.82) is 0 Å². The van der Waals surface area contributed by atoms with Crippen molar-refractivity contribution in [2.24, 2.45) is 0 Å². The van der Waals surface area contributed by atoms with Gasteiger partial charge in [0.15, 0.2) is 5.75 Å². The van der Waals surface area contributed by atoms with Crippen LogP contribution in [0.3, 0.4) is 0 Å². The molecule has 0 amide bonds. The molecule has 0 aromatic heterocycles. The normalized spacial score (nSPS) is 12.9. The topological polar surface area (TPSA) is 9.23 Å². The number of allylic oxidation sites excluding steroid dienone is 3. The van der Waals surface area contributed by atoms with E-state index in [9.17, 15) is 0 Å². The predicted molar refractivity (Wildman–Crippen MR) is 68.2 cm³/mol. The van der Waals surface area contributed by atoms with Crippen molar-refractivity contribution < 1.29 is 51.3 Å². The SMILES string of the molecule is CC1=CC(C)=C(Oc2c(Cl)cccc2Cl)C1.[Cl-].[Cl-].[Ti+2]. The van der Waals surface area contributed by atoms with Crippen LogP contribution in [-0.2, 0) is 21.7 Å². The average molecular weight is 374 g/mol. The number of hydrogen-bond acceptors (Lipinski definition) is 1. The van der Waals surface area contributed by atoms with Crippen LogP contribution in [0.15, 0.2) is 41.2 Å². The molecule has 0 saturated carbocycles. The van der Waals surface area contributed by atoms with Crippen LogP contribution in [-0.4, -0.2) is 0 Å². The van der Waals surface area contributed by atoms with E-state index in [1.807, 2.05) is 6.92 Å². The van der Waals surface area contributed by atoms with Crippen molar-refractivity contribution in [2.75, 3.05) is 0 Å². The Hall–Kier alpha value is 0.374. The van der Waals surface area contributed by atoms with Gasteiger partial charge in [-0.1, -0.05) is 40.9 Å². The molecule has 0 atom stereocenters. The second kappa shape index (κ2) is 9.34.